The van der Waals surface area contributed by atoms with Crippen LogP contribution in [0.25, 0.3) is 0 Å². The van der Waals surface area contributed by atoms with Crippen molar-refractivity contribution in [2.75, 3.05) is 23.3 Å². The molecule has 31 heavy (non-hydrogen) atoms. The number of carbonyl (C=O) groups excluding carboxylic acids is 1. The summed E-state index contributed by atoms with van der Waals surface area (Å²) in [4.78, 5) is 14.4. The van der Waals surface area contributed by atoms with Crippen molar-refractivity contribution in [2.45, 2.75) is 11.8 Å². The van der Waals surface area contributed by atoms with Gasteiger partial charge in [0, 0.05) is 29.5 Å². The van der Waals surface area contributed by atoms with E-state index < -0.39 is 21.9 Å². The van der Waals surface area contributed by atoms with Crippen LogP contribution in [0.5, 0.6) is 0 Å². The first kappa shape index (κ1) is 22.7. The van der Waals surface area contributed by atoms with Gasteiger partial charge in [-0.2, -0.15) is 0 Å². The van der Waals surface area contributed by atoms with E-state index in [1.165, 1.54) is 53.4 Å². The number of hydrogen-bond donors (Lipinski definition) is 2. The van der Waals surface area contributed by atoms with Gasteiger partial charge < -0.3 is 5.32 Å². The van der Waals surface area contributed by atoms with Gasteiger partial charge in [0.1, 0.15) is 5.82 Å². The number of aryl methyl sites for hydroxylation is 1. The lowest BCUT2D eigenvalue weighted by Gasteiger charge is -2.24. The summed E-state index contributed by atoms with van der Waals surface area (Å²) in [5.41, 5.74) is 1.93. The van der Waals surface area contributed by atoms with Crippen molar-refractivity contribution in [3.63, 3.8) is 0 Å². The summed E-state index contributed by atoms with van der Waals surface area (Å²) < 4.78 is 40.8. The highest BCUT2D eigenvalue weighted by Crippen LogP contribution is 2.19. The van der Waals surface area contributed by atoms with Crippen LogP contribution in [0.3, 0.4) is 0 Å². The van der Waals surface area contributed by atoms with E-state index in [4.69, 9.17) is 11.6 Å². The Bertz CT molecular complexity index is 1150. The van der Waals surface area contributed by atoms with Crippen LogP contribution >= 0.6 is 11.6 Å². The summed E-state index contributed by atoms with van der Waals surface area (Å²) in [6.45, 7) is 1.83. The minimum atomic E-state index is -3.78. The monoisotopic (exact) mass is 461 g/mol. The molecule has 0 bridgehead atoms. The molecule has 0 radical (unpaired) electrons. The molecule has 0 aromatic heterocycles. The van der Waals surface area contributed by atoms with Gasteiger partial charge in [0.05, 0.1) is 4.90 Å². The number of urea groups is 1. The van der Waals surface area contributed by atoms with Gasteiger partial charge >= 0.3 is 6.03 Å². The summed E-state index contributed by atoms with van der Waals surface area (Å²) in [7, 11) is -3.78. The molecule has 0 fully saturated rings. The number of anilines is 2. The predicted octanol–water partition coefficient (Wildman–Crippen LogP) is 4.80. The van der Waals surface area contributed by atoms with Crippen LogP contribution in [-0.4, -0.2) is 27.5 Å². The Morgan fingerprint density at radius 2 is 1.65 bits per heavy atom. The maximum Gasteiger partial charge on any atom is 0.326 e. The van der Waals surface area contributed by atoms with E-state index in [1.807, 2.05) is 19.1 Å². The second-order valence-electron chi connectivity index (χ2n) is 6.72. The molecule has 0 aliphatic rings. The zero-order valence-electron chi connectivity index (χ0n) is 16.7. The normalized spacial score (nSPS) is 11.2. The fraction of sp³-hybridized carbons (Fsp3) is 0.136. The highest BCUT2D eigenvalue weighted by molar-refractivity contribution is 7.89. The highest BCUT2D eigenvalue weighted by Gasteiger charge is 2.19. The Morgan fingerprint density at radius 1 is 1.00 bits per heavy atom. The Labute approximate surface area is 185 Å². The van der Waals surface area contributed by atoms with E-state index in [9.17, 15) is 17.6 Å². The van der Waals surface area contributed by atoms with Crippen LogP contribution in [0.1, 0.15) is 5.56 Å². The summed E-state index contributed by atoms with van der Waals surface area (Å²) >= 11 is 5.81. The lowest BCUT2D eigenvalue weighted by Crippen LogP contribution is -2.41. The van der Waals surface area contributed by atoms with Crippen molar-refractivity contribution < 1.29 is 17.6 Å². The first-order valence-corrected chi connectivity index (χ1v) is 11.3. The minimum absolute atomic E-state index is 0.0240. The van der Waals surface area contributed by atoms with E-state index >= 15 is 0 Å². The van der Waals surface area contributed by atoms with Crippen LogP contribution < -0.4 is 14.9 Å². The quantitative estimate of drug-likeness (QED) is 0.530. The predicted molar refractivity (Wildman–Crippen MR) is 121 cm³/mol. The molecule has 3 aromatic rings. The Hall–Kier alpha value is -2.94. The molecule has 2 N–H and O–H groups in total. The fourth-order valence-electron chi connectivity index (χ4n) is 2.85. The number of rotatable bonds is 7. The smallest absolute Gasteiger partial charge is 0.307 e. The molecular formula is C22H21ClFN3O3S. The molecule has 0 saturated heterocycles. The molecule has 0 heterocycles. The molecular weight excluding hydrogens is 441 g/mol. The molecule has 3 rings (SSSR count). The summed E-state index contributed by atoms with van der Waals surface area (Å²) in [5.74, 6) is -0.438. The largest absolute Gasteiger partial charge is 0.326 e. The maximum atomic E-state index is 13.4. The summed E-state index contributed by atoms with van der Waals surface area (Å²) in [5, 5.41) is 3.24. The average molecular weight is 462 g/mol. The summed E-state index contributed by atoms with van der Waals surface area (Å²) in [6.07, 6.45) is 0. The van der Waals surface area contributed by atoms with Crippen LogP contribution in [-0.2, 0) is 10.0 Å². The molecule has 0 aliphatic heterocycles. The number of halogens is 2. The number of nitrogens with zero attached hydrogens (tertiary/aromatic N) is 1. The van der Waals surface area contributed by atoms with Crippen LogP contribution in [0, 0.1) is 12.7 Å². The number of benzene rings is 3. The third-order valence-electron chi connectivity index (χ3n) is 4.52. The van der Waals surface area contributed by atoms with Gasteiger partial charge in [-0.1, -0.05) is 29.8 Å². The van der Waals surface area contributed by atoms with Crippen molar-refractivity contribution in [3.05, 3.63) is 89.2 Å². The fourth-order valence-corrected chi connectivity index (χ4v) is 4.00. The molecule has 9 heteroatoms. The first-order chi connectivity index (χ1) is 14.8. The van der Waals surface area contributed by atoms with E-state index in [0.29, 0.717) is 16.4 Å². The topological polar surface area (TPSA) is 78.5 Å². The first-order valence-electron chi connectivity index (χ1n) is 9.41. The molecule has 0 spiro atoms. The average Bonchev–Trinajstić information content (AvgIpc) is 2.74. The van der Waals surface area contributed by atoms with Crippen molar-refractivity contribution in [1.82, 2.24) is 4.72 Å². The van der Waals surface area contributed by atoms with Crippen LogP contribution in [0.4, 0.5) is 20.6 Å². The Kier molecular flexibility index (Phi) is 7.27. The van der Waals surface area contributed by atoms with Crippen molar-refractivity contribution in [1.29, 1.82) is 0 Å². The lowest BCUT2D eigenvalue weighted by atomic mass is 10.2. The highest BCUT2D eigenvalue weighted by atomic mass is 35.5. The van der Waals surface area contributed by atoms with E-state index in [2.05, 4.69) is 10.0 Å². The second kappa shape index (κ2) is 9.91. The number of para-hydroxylation sites is 1. The molecule has 0 atom stereocenters. The van der Waals surface area contributed by atoms with Gasteiger partial charge in [-0.3, -0.25) is 4.90 Å². The standard InChI is InChI=1S/C22H21ClFN3O3S/c1-16-4-2-3-5-21(16)26-22(28)27(19-10-8-18(24)9-11-19)15-14-25-31(29,30)20-12-6-17(23)7-13-20/h2-13,25H,14-15H2,1H3,(H,26,28). The van der Waals surface area contributed by atoms with Crippen molar-refractivity contribution in [3.8, 4) is 0 Å². The number of sulfonamides is 1. The Morgan fingerprint density at radius 3 is 2.29 bits per heavy atom. The number of carbonyl (C=O) groups is 1. The van der Waals surface area contributed by atoms with Gasteiger partial charge in [0.15, 0.2) is 0 Å². The second-order valence-corrected chi connectivity index (χ2v) is 8.93. The number of hydrogen-bond acceptors (Lipinski definition) is 3. The summed E-state index contributed by atoms with van der Waals surface area (Å²) in [6, 6.07) is 18.0. The molecule has 0 aliphatic carbocycles. The van der Waals surface area contributed by atoms with Gasteiger partial charge in [-0.25, -0.2) is 22.3 Å². The van der Waals surface area contributed by atoms with Gasteiger partial charge in [0.25, 0.3) is 0 Å². The Balaban J connectivity index is 1.75. The minimum Gasteiger partial charge on any atom is -0.307 e. The van der Waals surface area contributed by atoms with Gasteiger partial charge in [-0.15, -0.1) is 0 Å². The van der Waals surface area contributed by atoms with E-state index in [-0.39, 0.29) is 18.0 Å². The SMILES string of the molecule is Cc1ccccc1NC(=O)N(CCNS(=O)(=O)c1ccc(Cl)cc1)c1ccc(F)cc1. The lowest BCUT2D eigenvalue weighted by molar-refractivity contribution is 0.257. The van der Waals surface area contributed by atoms with Gasteiger partial charge in [0.2, 0.25) is 10.0 Å². The molecule has 3 aromatic carbocycles. The van der Waals surface area contributed by atoms with E-state index in [0.717, 1.165) is 5.56 Å². The molecule has 0 unspecified atom stereocenters. The van der Waals surface area contributed by atoms with Crippen LogP contribution in [0.2, 0.25) is 5.02 Å². The number of nitrogens with one attached hydrogen (secondary N) is 2. The molecule has 6 nitrogen and oxygen atoms in total. The zero-order valence-corrected chi connectivity index (χ0v) is 18.3. The van der Waals surface area contributed by atoms with Crippen molar-refractivity contribution >= 4 is 39.0 Å². The van der Waals surface area contributed by atoms with Gasteiger partial charge in [-0.05, 0) is 67.1 Å². The molecule has 0 saturated carbocycles. The van der Waals surface area contributed by atoms with Crippen molar-refractivity contribution in [2.24, 2.45) is 0 Å². The molecule has 2 amide bonds. The maximum absolute atomic E-state index is 13.4. The third kappa shape index (κ3) is 6.04. The number of amides is 2. The van der Waals surface area contributed by atoms with Crippen LogP contribution in [0.15, 0.2) is 77.7 Å². The van der Waals surface area contributed by atoms with E-state index in [1.54, 1.807) is 12.1 Å². The molecule has 162 valence electrons. The third-order valence-corrected chi connectivity index (χ3v) is 6.25. The zero-order chi connectivity index (χ0) is 22.4.